The van der Waals surface area contributed by atoms with Crippen molar-refractivity contribution in [2.24, 2.45) is 0 Å². The Kier molecular flexibility index (Phi) is 9.58. The third kappa shape index (κ3) is 8.48. The molecular weight excluding hydrogens is 608 g/mol. The van der Waals surface area contributed by atoms with Crippen LogP contribution in [-0.4, -0.2) is 36.3 Å². The fraction of sp³-hybridized carbons (Fsp3) is 0.222. The number of rotatable bonds is 10. The van der Waals surface area contributed by atoms with Gasteiger partial charge in [-0.2, -0.15) is 0 Å². The number of carbonyl (C=O) groups is 1. The molecule has 7 nitrogen and oxygen atoms in total. The number of halogens is 1. The maximum absolute atomic E-state index is 12.4. The maximum atomic E-state index is 12.4. The van der Waals surface area contributed by atoms with Crippen molar-refractivity contribution < 1.29 is 22.3 Å². The van der Waals surface area contributed by atoms with Crippen molar-refractivity contribution in [3.05, 3.63) is 136 Å². The molecule has 0 aliphatic rings. The first-order chi connectivity index (χ1) is 21.4. The van der Waals surface area contributed by atoms with E-state index in [4.69, 9.17) is 16.1 Å². The van der Waals surface area contributed by atoms with Crippen molar-refractivity contribution in [3.63, 3.8) is 0 Å². The van der Waals surface area contributed by atoms with E-state index in [1.165, 1.54) is 5.56 Å². The second kappa shape index (κ2) is 13.4. The Balaban J connectivity index is 1.38. The van der Waals surface area contributed by atoms with E-state index in [2.05, 4.69) is 55.5 Å². The maximum Gasteiger partial charge on any atom is 0.251 e. The Bertz CT molecular complexity index is 1860. The molecule has 1 unspecified atom stereocenters. The highest BCUT2D eigenvalue weighted by Crippen LogP contribution is 2.33. The van der Waals surface area contributed by atoms with E-state index in [0.717, 1.165) is 33.5 Å². The highest BCUT2D eigenvalue weighted by Gasteiger charge is 2.22. The van der Waals surface area contributed by atoms with Crippen LogP contribution in [0.1, 0.15) is 59.4 Å². The van der Waals surface area contributed by atoms with Crippen LogP contribution >= 0.6 is 11.6 Å². The molecule has 0 bridgehead atoms. The van der Waals surface area contributed by atoms with Crippen molar-refractivity contribution >= 4 is 27.6 Å². The first-order valence-electron chi connectivity index (χ1n) is 14.6. The van der Waals surface area contributed by atoms with Gasteiger partial charge in [-0.25, -0.2) is 8.42 Å². The summed E-state index contributed by atoms with van der Waals surface area (Å²) in [5.74, 6) is -0.552. The van der Waals surface area contributed by atoms with E-state index in [0.29, 0.717) is 22.8 Å². The molecule has 0 saturated heterocycles. The van der Waals surface area contributed by atoms with Crippen LogP contribution in [0.3, 0.4) is 0 Å². The lowest BCUT2D eigenvalue weighted by Crippen LogP contribution is -2.28. The number of nitrogens with one attached hydrogen (secondary N) is 1. The summed E-state index contributed by atoms with van der Waals surface area (Å²) in [5, 5.41) is 7.66. The third-order valence-corrected chi connectivity index (χ3v) is 8.66. The fourth-order valence-electron chi connectivity index (χ4n) is 5.09. The van der Waals surface area contributed by atoms with Crippen molar-refractivity contribution in [2.45, 2.75) is 38.5 Å². The van der Waals surface area contributed by atoms with Gasteiger partial charge in [0.1, 0.15) is 0 Å². The Hall–Kier alpha value is -4.24. The van der Waals surface area contributed by atoms with Gasteiger partial charge in [0.15, 0.2) is 5.76 Å². The molecule has 0 aliphatic heterocycles. The van der Waals surface area contributed by atoms with Crippen LogP contribution in [0.15, 0.2) is 108 Å². The van der Waals surface area contributed by atoms with Gasteiger partial charge in [0.2, 0.25) is 0 Å². The highest BCUT2D eigenvalue weighted by molar-refractivity contribution is 7.85. The van der Waals surface area contributed by atoms with Crippen molar-refractivity contribution in [2.75, 3.05) is 12.3 Å². The van der Waals surface area contributed by atoms with Gasteiger partial charge >= 0.3 is 0 Å². The topological polar surface area (TPSA) is 112 Å². The van der Waals surface area contributed by atoms with Crippen LogP contribution in [0.5, 0.6) is 0 Å². The largest absolute Gasteiger partial charge is 0.748 e. The van der Waals surface area contributed by atoms with E-state index in [1.807, 2.05) is 66.7 Å². The van der Waals surface area contributed by atoms with Gasteiger partial charge in [0.05, 0.1) is 21.6 Å². The number of hydrogen-bond acceptors (Lipinski definition) is 6. The van der Waals surface area contributed by atoms with Crippen molar-refractivity contribution in [1.82, 2.24) is 10.5 Å². The van der Waals surface area contributed by atoms with Crippen molar-refractivity contribution in [3.8, 4) is 22.5 Å². The number of amides is 1. The summed E-state index contributed by atoms with van der Waals surface area (Å²) < 4.78 is 38.4. The van der Waals surface area contributed by atoms with Crippen LogP contribution < -0.4 is 5.32 Å². The molecule has 1 N–H and O–H groups in total. The average molecular weight is 642 g/mol. The molecule has 0 fully saturated rings. The minimum atomic E-state index is -4.40. The monoisotopic (exact) mass is 641 g/mol. The lowest BCUT2D eigenvalue weighted by molar-refractivity contribution is 0.0956. The lowest BCUT2D eigenvalue weighted by atomic mass is 9.83. The first-order valence-corrected chi connectivity index (χ1v) is 16.6. The first kappa shape index (κ1) is 32.2. The average Bonchev–Trinajstić information content (AvgIpc) is 3.50. The highest BCUT2D eigenvalue weighted by atomic mass is 35.5. The number of aromatic nitrogens is 1. The number of carbonyl (C=O) groups excluding carboxylic acids is 1. The van der Waals surface area contributed by atoms with Gasteiger partial charge in [-0.1, -0.05) is 110 Å². The summed E-state index contributed by atoms with van der Waals surface area (Å²) >= 11 is 6.04. The molecule has 1 atom stereocenters. The van der Waals surface area contributed by atoms with Crippen LogP contribution in [0, 0.1) is 0 Å². The van der Waals surface area contributed by atoms with Gasteiger partial charge in [0, 0.05) is 34.7 Å². The van der Waals surface area contributed by atoms with Crippen molar-refractivity contribution in [1.29, 1.82) is 0 Å². The molecule has 1 aromatic heterocycles. The molecule has 5 rings (SSSR count). The normalized spacial score (nSPS) is 12.6. The zero-order valence-corrected chi connectivity index (χ0v) is 26.9. The number of hydrogen-bond donors (Lipinski definition) is 1. The van der Waals surface area contributed by atoms with E-state index >= 15 is 0 Å². The van der Waals surface area contributed by atoms with Crippen LogP contribution in [0.4, 0.5) is 0 Å². The van der Waals surface area contributed by atoms with E-state index < -0.39 is 21.8 Å². The zero-order chi connectivity index (χ0) is 32.2. The molecule has 1 amide bonds. The summed E-state index contributed by atoms with van der Waals surface area (Å²) in [6.07, 6.45) is 0.604. The minimum absolute atomic E-state index is 0.0154. The minimum Gasteiger partial charge on any atom is -0.748 e. The molecule has 4 aromatic carbocycles. The molecule has 5 aromatic rings. The van der Waals surface area contributed by atoms with E-state index in [-0.39, 0.29) is 17.9 Å². The van der Waals surface area contributed by atoms with Gasteiger partial charge in [-0.3, -0.25) is 4.79 Å². The molecule has 45 heavy (non-hydrogen) atoms. The smallest absolute Gasteiger partial charge is 0.251 e. The molecule has 1 heterocycles. The van der Waals surface area contributed by atoms with E-state index in [9.17, 15) is 17.8 Å². The molecule has 0 aliphatic carbocycles. The van der Waals surface area contributed by atoms with Crippen LogP contribution in [0.2, 0.25) is 5.02 Å². The summed E-state index contributed by atoms with van der Waals surface area (Å²) in [6.45, 7) is 6.30. The van der Waals surface area contributed by atoms with Gasteiger partial charge in [-0.05, 0) is 63.9 Å². The SMILES string of the molecule is CC(C)(C)c1ccc(C(Cc2ccc(C(=O)NCCS(=O)(=O)[O-])cc2)c2cc(-c3ccc(-c4ccc(Cl)cc4)cc3)on2)cc1. The quantitative estimate of drug-likeness (QED) is 0.157. The predicted octanol–water partition coefficient (Wildman–Crippen LogP) is 7.61. The molecule has 0 radical (unpaired) electrons. The summed E-state index contributed by atoms with van der Waals surface area (Å²) in [4.78, 5) is 12.4. The van der Waals surface area contributed by atoms with Gasteiger partial charge in [0.25, 0.3) is 5.91 Å². The lowest BCUT2D eigenvalue weighted by Gasteiger charge is -2.21. The Labute approximate surface area is 269 Å². The number of benzene rings is 4. The predicted molar refractivity (Wildman–Crippen MR) is 176 cm³/mol. The zero-order valence-electron chi connectivity index (χ0n) is 25.3. The Morgan fingerprint density at radius 1 is 0.867 bits per heavy atom. The van der Waals surface area contributed by atoms with Gasteiger partial charge < -0.3 is 14.4 Å². The molecular formula is C36H34ClN2O5S-. The third-order valence-electron chi connectivity index (χ3n) is 7.71. The fourth-order valence-corrected chi connectivity index (χ4v) is 5.56. The van der Waals surface area contributed by atoms with Crippen LogP contribution in [0.25, 0.3) is 22.5 Å². The summed E-state index contributed by atoms with van der Waals surface area (Å²) in [5.41, 5.74) is 7.52. The summed E-state index contributed by atoms with van der Waals surface area (Å²) in [7, 11) is -4.40. The Morgan fingerprint density at radius 3 is 2.02 bits per heavy atom. The molecule has 232 valence electrons. The Morgan fingerprint density at radius 2 is 1.44 bits per heavy atom. The molecule has 0 saturated carbocycles. The van der Waals surface area contributed by atoms with E-state index in [1.54, 1.807) is 12.1 Å². The standard InChI is InChI=1S/C36H35ClN2O5S/c1-36(2,3)30-16-12-27(13-17-30)32(22-24-4-6-29(7-5-24)35(40)38-20-21-45(41,42)43)33-23-34(44-39-33)28-10-8-25(9-11-28)26-14-18-31(37)19-15-26/h4-19,23,32H,20-22H2,1-3H3,(H,38,40)(H,41,42,43)/p-1. The number of nitrogens with zero attached hydrogens (tertiary/aromatic N) is 1. The van der Waals surface area contributed by atoms with Gasteiger partial charge in [-0.15, -0.1) is 0 Å². The summed E-state index contributed by atoms with van der Waals surface area (Å²) in [6, 6.07) is 33.5. The molecule has 9 heteroatoms. The second-order valence-corrected chi connectivity index (χ2v) is 14.0. The second-order valence-electron chi connectivity index (χ2n) is 12.0. The van der Waals surface area contributed by atoms with Crippen LogP contribution in [-0.2, 0) is 22.0 Å². The molecule has 0 spiro atoms.